The summed E-state index contributed by atoms with van der Waals surface area (Å²) in [5.41, 5.74) is 4.77. The standard InChI is InChI=1S/C33H46N6O2Si/c1-23(2)42(24(3)4,25(5)6)41-21-28-17-34-31-30(33-37-29(40)20-39(28)33)32(36-22-35-31)38(18-26-13-9-7-10-14-26)19-27-15-11-8-12-16-27/h7-16,22-25,28,33H,17-21H2,1-6H3,(H,37,40)(H,34,35,36)/t28-,33?/m0/s1. The molecular weight excluding hydrogens is 540 g/mol. The number of carbonyl (C=O) groups is 1. The van der Waals surface area contributed by atoms with E-state index in [9.17, 15) is 4.79 Å². The van der Waals surface area contributed by atoms with E-state index in [2.05, 4.69) is 111 Å². The summed E-state index contributed by atoms with van der Waals surface area (Å²) in [5.74, 6) is 1.62. The molecule has 1 fully saturated rings. The highest BCUT2D eigenvalue weighted by atomic mass is 28.4. The molecule has 1 amide bonds. The van der Waals surface area contributed by atoms with Gasteiger partial charge in [0.25, 0.3) is 0 Å². The van der Waals surface area contributed by atoms with Crippen LogP contribution in [-0.2, 0) is 22.3 Å². The molecule has 1 saturated heterocycles. The van der Waals surface area contributed by atoms with Crippen molar-refractivity contribution in [1.29, 1.82) is 0 Å². The number of rotatable bonds is 11. The maximum atomic E-state index is 13.0. The molecule has 0 bridgehead atoms. The summed E-state index contributed by atoms with van der Waals surface area (Å²) in [4.78, 5) is 27.1. The van der Waals surface area contributed by atoms with Gasteiger partial charge in [0.15, 0.2) is 8.32 Å². The van der Waals surface area contributed by atoms with Gasteiger partial charge < -0.3 is 20.0 Å². The van der Waals surface area contributed by atoms with Gasteiger partial charge in [0.1, 0.15) is 24.1 Å². The number of benzene rings is 2. The van der Waals surface area contributed by atoms with E-state index < -0.39 is 8.32 Å². The van der Waals surface area contributed by atoms with Gasteiger partial charge in [0.2, 0.25) is 5.91 Å². The van der Waals surface area contributed by atoms with Crippen molar-refractivity contribution in [2.45, 2.75) is 83.5 Å². The fraction of sp³-hybridized carbons (Fsp3) is 0.485. The van der Waals surface area contributed by atoms with Gasteiger partial charge in [-0.05, 0) is 27.8 Å². The number of aromatic nitrogens is 2. The first kappa shape index (κ1) is 30.2. The second kappa shape index (κ2) is 12.9. The fourth-order valence-corrected chi connectivity index (χ4v) is 12.7. The Labute approximate surface area is 252 Å². The molecule has 3 heterocycles. The van der Waals surface area contributed by atoms with E-state index in [1.165, 1.54) is 11.1 Å². The average molecular weight is 587 g/mol. The monoisotopic (exact) mass is 586 g/mol. The van der Waals surface area contributed by atoms with Crippen LogP contribution in [0.15, 0.2) is 67.0 Å². The van der Waals surface area contributed by atoms with Crippen molar-refractivity contribution in [3.05, 3.63) is 83.7 Å². The highest BCUT2D eigenvalue weighted by Gasteiger charge is 2.47. The quantitative estimate of drug-likeness (QED) is 0.263. The van der Waals surface area contributed by atoms with Crippen molar-refractivity contribution in [1.82, 2.24) is 20.2 Å². The van der Waals surface area contributed by atoms with E-state index in [0.717, 1.165) is 17.2 Å². The number of amides is 1. The molecule has 1 unspecified atom stereocenters. The van der Waals surface area contributed by atoms with Crippen molar-refractivity contribution >= 4 is 25.9 Å². The zero-order valence-corrected chi connectivity index (χ0v) is 26.9. The van der Waals surface area contributed by atoms with E-state index in [1.54, 1.807) is 6.33 Å². The third kappa shape index (κ3) is 6.09. The minimum Gasteiger partial charge on any atom is -0.414 e. The smallest absolute Gasteiger partial charge is 0.235 e. The molecule has 2 aromatic carbocycles. The first-order valence-corrected chi connectivity index (χ1v) is 17.4. The van der Waals surface area contributed by atoms with Gasteiger partial charge >= 0.3 is 0 Å². The number of hydrogen-bond acceptors (Lipinski definition) is 7. The Morgan fingerprint density at radius 2 is 1.48 bits per heavy atom. The molecule has 9 heteroatoms. The van der Waals surface area contributed by atoms with Crippen LogP contribution in [0.25, 0.3) is 0 Å². The predicted octanol–water partition coefficient (Wildman–Crippen LogP) is 6.10. The average Bonchev–Trinajstić information content (AvgIpc) is 3.29. The summed E-state index contributed by atoms with van der Waals surface area (Å²) in [6.45, 7) is 16.8. The molecule has 0 aliphatic carbocycles. The van der Waals surface area contributed by atoms with E-state index in [1.807, 2.05) is 12.1 Å². The summed E-state index contributed by atoms with van der Waals surface area (Å²) >= 11 is 0. The molecule has 2 aliphatic heterocycles. The fourth-order valence-electron chi connectivity index (χ4n) is 7.19. The molecule has 2 aliphatic rings. The normalized spacial score (nSPS) is 18.9. The van der Waals surface area contributed by atoms with E-state index in [4.69, 9.17) is 14.4 Å². The van der Waals surface area contributed by atoms with Crippen LogP contribution < -0.4 is 15.5 Å². The Kier molecular flexibility index (Phi) is 9.30. The van der Waals surface area contributed by atoms with Crippen LogP contribution in [0.3, 0.4) is 0 Å². The minimum atomic E-state index is -2.08. The first-order valence-electron chi connectivity index (χ1n) is 15.3. The summed E-state index contributed by atoms with van der Waals surface area (Å²) in [5, 5.41) is 6.90. The number of hydrogen-bond donors (Lipinski definition) is 2. The second-order valence-electron chi connectivity index (χ2n) is 12.6. The van der Waals surface area contributed by atoms with E-state index >= 15 is 0 Å². The largest absolute Gasteiger partial charge is 0.414 e. The predicted molar refractivity (Wildman–Crippen MR) is 172 cm³/mol. The zero-order chi connectivity index (χ0) is 29.9. The number of nitrogens with one attached hydrogen (secondary N) is 2. The van der Waals surface area contributed by atoms with Crippen LogP contribution in [0, 0.1) is 0 Å². The van der Waals surface area contributed by atoms with Crippen molar-refractivity contribution < 1.29 is 9.22 Å². The molecule has 2 atom stereocenters. The van der Waals surface area contributed by atoms with Crippen molar-refractivity contribution in [2.75, 3.05) is 29.9 Å². The van der Waals surface area contributed by atoms with Gasteiger partial charge in [0, 0.05) is 19.6 Å². The molecule has 0 radical (unpaired) electrons. The lowest BCUT2D eigenvalue weighted by atomic mass is 10.1. The molecule has 5 rings (SSSR count). The Morgan fingerprint density at radius 1 is 0.905 bits per heavy atom. The third-order valence-corrected chi connectivity index (χ3v) is 15.1. The Morgan fingerprint density at radius 3 is 2.02 bits per heavy atom. The third-order valence-electron chi connectivity index (χ3n) is 9.03. The summed E-state index contributed by atoms with van der Waals surface area (Å²) in [6, 6.07) is 20.9. The molecule has 0 saturated carbocycles. The minimum absolute atomic E-state index is 0.0100. The van der Waals surface area contributed by atoms with Crippen LogP contribution in [0.2, 0.25) is 16.6 Å². The molecule has 0 spiro atoms. The highest BCUT2D eigenvalue weighted by molar-refractivity contribution is 6.77. The lowest BCUT2D eigenvalue weighted by Gasteiger charge is -2.43. The van der Waals surface area contributed by atoms with Gasteiger partial charge in [-0.2, -0.15) is 0 Å². The number of nitrogens with zero attached hydrogens (tertiary/aromatic N) is 4. The van der Waals surface area contributed by atoms with E-state index in [0.29, 0.717) is 49.4 Å². The number of carbonyl (C=O) groups excluding carboxylic acids is 1. The van der Waals surface area contributed by atoms with Crippen molar-refractivity contribution in [3.63, 3.8) is 0 Å². The number of fused-ring (bicyclic) bond motifs is 3. The summed E-state index contributed by atoms with van der Waals surface area (Å²) in [6.07, 6.45) is 1.30. The van der Waals surface area contributed by atoms with Crippen molar-refractivity contribution in [3.8, 4) is 0 Å². The van der Waals surface area contributed by atoms with Gasteiger partial charge in [0.05, 0.1) is 24.8 Å². The van der Waals surface area contributed by atoms with Crippen LogP contribution in [-0.4, -0.2) is 54.8 Å². The topological polar surface area (TPSA) is 82.6 Å². The zero-order valence-electron chi connectivity index (χ0n) is 25.9. The molecule has 3 aromatic rings. The van der Waals surface area contributed by atoms with Crippen LogP contribution in [0.4, 0.5) is 11.6 Å². The number of anilines is 2. The molecular formula is C33H46N6O2Si. The van der Waals surface area contributed by atoms with Gasteiger partial charge in [-0.15, -0.1) is 0 Å². The SMILES string of the molecule is CC(C)[Si](OC[C@@H]1CNc2ncnc(N(Cc3ccccc3)Cc3ccccc3)c2C2NC(=O)CN21)(C(C)C)C(C)C. The maximum Gasteiger partial charge on any atom is 0.235 e. The van der Waals surface area contributed by atoms with Gasteiger partial charge in [-0.1, -0.05) is 102 Å². The van der Waals surface area contributed by atoms with E-state index in [-0.39, 0.29) is 18.1 Å². The Balaban J connectivity index is 1.50. The lowest BCUT2D eigenvalue weighted by Crippen LogP contribution is -2.52. The van der Waals surface area contributed by atoms with Crippen molar-refractivity contribution in [2.24, 2.45) is 0 Å². The first-order chi connectivity index (χ1) is 20.2. The van der Waals surface area contributed by atoms with Gasteiger partial charge in [-0.25, -0.2) is 9.97 Å². The van der Waals surface area contributed by atoms with Gasteiger partial charge in [-0.3, -0.25) is 9.69 Å². The molecule has 1 aromatic heterocycles. The summed E-state index contributed by atoms with van der Waals surface area (Å²) in [7, 11) is -2.08. The Hall–Kier alpha value is -3.27. The summed E-state index contributed by atoms with van der Waals surface area (Å²) < 4.78 is 7.06. The molecule has 2 N–H and O–H groups in total. The maximum absolute atomic E-state index is 13.0. The molecule has 42 heavy (non-hydrogen) atoms. The molecule has 8 nitrogen and oxygen atoms in total. The van der Waals surface area contributed by atoms with Crippen LogP contribution in [0.5, 0.6) is 0 Å². The lowest BCUT2D eigenvalue weighted by molar-refractivity contribution is -0.118. The van der Waals surface area contributed by atoms with Crippen LogP contribution in [0.1, 0.15) is 64.4 Å². The highest BCUT2D eigenvalue weighted by Crippen LogP contribution is 2.43. The van der Waals surface area contributed by atoms with Crippen LogP contribution >= 0.6 is 0 Å². The second-order valence-corrected chi connectivity index (χ2v) is 18.1. The molecule has 224 valence electrons. The Bertz CT molecular complexity index is 1270.